The van der Waals surface area contributed by atoms with E-state index in [1.54, 1.807) is 12.4 Å². The number of hydrogen-bond acceptors (Lipinski definition) is 3. The summed E-state index contributed by atoms with van der Waals surface area (Å²) in [5.74, 6) is 0. The van der Waals surface area contributed by atoms with E-state index in [-0.39, 0.29) is 0 Å². The quantitative estimate of drug-likeness (QED) is 0.914. The molecule has 1 fully saturated rings. The molecule has 0 bridgehead atoms. The molecular weight excluding hydrogens is 260 g/mol. The van der Waals surface area contributed by atoms with Gasteiger partial charge in [0.1, 0.15) is 0 Å². The Labute approximate surface area is 124 Å². The van der Waals surface area contributed by atoms with Gasteiger partial charge in [0.05, 0.1) is 17.5 Å². The number of hydrogen-bond donors (Lipinski definition) is 1. The van der Waals surface area contributed by atoms with Crippen LogP contribution in [0.1, 0.15) is 30.7 Å². The van der Waals surface area contributed by atoms with Gasteiger partial charge in [0.2, 0.25) is 0 Å². The van der Waals surface area contributed by atoms with Gasteiger partial charge in [-0.05, 0) is 66.8 Å². The Hall–Kier alpha value is -2.26. The van der Waals surface area contributed by atoms with Gasteiger partial charge in [-0.3, -0.25) is 9.97 Å². The molecule has 0 saturated heterocycles. The molecule has 3 rings (SSSR count). The van der Waals surface area contributed by atoms with Crippen molar-refractivity contribution in [1.82, 2.24) is 9.97 Å². The SMILES string of the molecule is OC1/C(=C/c2ccccn2)CCC/C1=C\c1ccccn1. The number of aliphatic hydroxyl groups excluding tert-OH is 1. The molecule has 106 valence electrons. The van der Waals surface area contributed by atoms with Crippen LogP contribution in [0.2, 0.25) is 0 Å². The largest absolute Gasteiger partial charge is 0.384 e. The van der Waals surface area contributed by atoms with Crippen LogP contribution in [0, 0.1) is 0 Å². The lowest BCUT2D eigenvalue weighted by atomic mass is 9.86. The third kappa shape index (κ3) is 3.44. The maximum absolute atomic E-state index is 10.6. The summed E-state index contributed by atoms with van der Waals surface area (Å²) in [6, 6.07) is 11.6. The second-order valence-corrected chi connectivity index (χ2v) is 5.20. The Kier molecular flexibility index (Phi) is 4.22. The minimum absolute atomic E-state index is 0.525. The van der Waals surface area contributed by atoms with E-state index in [1.165, 1.54) is 0 Å². The molecule has 1 N–H and O–H groups in total. The second-order valence-electron chi connectivity index (χ2n) is 5.20. The average molecular weight is 278 g/mol. The molecule has 2 aromatic rings. The predicted octanol–water partition coefficient (Wildman–Crippen LogP) is 3.49. The van der Waals surface area contributed by atoms with Crippen LogP contribution in [-0.2, 0) is 0 Å². The lowest BCUT2D eigenvalue weighted by Crippen LogP contribution is -2.18. The first-order valence-corrected chi connectivity index (χ1v) is 7.24. The lowest BCUT2D eigenvalue weighted by molar-refractivity contribution is 0.229. The van der Waals surface area contributed by atoms with Crippen molar-refractivity contribution in [2.24, 2.45) is 0 Å². The van der Waals surface area contributed by atoms with Crippen LogP contribution in [0.15, 0.2) is 59.9 Å². The fraction of sp³-hybridized carbons (Fsp3) is 0.222. The summed E-state index contributed by atoms with van der Waals surface area (Å²) in [4.78, 5) is 8.59. The smallest absolute Gasteiger partial charge is 0.0968 e. The number of rotatable bonds is 2. The van der Waals surface area contributed by atoms with Crippen molar-refractivity contribution in [3.05, 3.63) is 71.3 Å². The maximum atomic E-state index is 10.6. The molecule has 3 nitrogen and oxygen atoms in total. The fourth-order valence-electron chi connectivity index (χ4n) is 2.61. The molecule has 0 aliphatic heterocycles. The number of nitrogens with zero attached hydrogens (tertiary/aromatic N) is 2. The van der Waals surface area contributed by atoms with Crippen molar-refractivity contribution in [3.63, 3.8) is 0 Å². The van der Waals surface area contributed by atoms with Crippen LogP contribution in [0.5, 0.6) is 0 Å². The molecule has 21 heavy (non-hydrogen) atoms. The van der Waals surface area contributed by atoms with Gasteiger partial charge in [0.25, 0.3) is 0 Å². The topological polar surface area (TPSA) is 46.0 Å². The van der Waals surface area contributed by atoms with E-state index in [1.807, 2.05) is 48.6 Å². The average Bonchev–Trinajstić information content (AvgIpc) is 2.53. The maximum Gasteiger partial charge on any atom is 0.0968 e. The molecular formula is C18H18N2O. The highest BCUT2D eigenvalue weighted by Gasteiger charge is 2.21. The van der Waals surface area contributed by atoms with Crippen molar-refractivity contribution < 1.29 is 5.11 Å². The Morgan fingerprint density at radius 2 is 1.38 bits per heavy atom. The lowest BCUT2D eigenvalue weighted by Gasteiger charge is -2.24. The molecule has 2 heterocycles. The Bertz CT molecular complexity index is 590. The summed E-state index contributed by atoms with van der Waals surface area (Å²) in [5, 5.41) is 10.6. The van der Waals surface area contributed by atoms with E-state index < -0.39 is 6.10 Å². The van der Waals surface area contributed by atoms with Crippen molar-refractivity contribution >= 4 is 12.2 Å². The molecule has 3 heteroatoms. The summed E-state index contributed by atoms with van der Waals surface area (Å²) < 4.78 is 0. The first-order valence-electron chi connectivity index (χ1n) is 7.24. The van der Waals surface area contributed by atoms with Crippen molar-refractivity contribution in [3.8, 4) is 0 Å². The van der Waals surface area contributed by atoms with Crippen molar-refractivity contribution in [2.75, 3.05) is 0 Å². The molecule has 0 atom stereocenters. The van der Waals surface area contributed by atoms with Gasteiger partial charge in [-0.1, -0.05) is 12.1 Å². The summed E-state index contributed by atoms with van der Waals surface area (Å²) in [6.45, 7) is 0. The highest BCUT2D eigenvalue weighted by molar-refractivity contribution is 5.57. The molecule has 1 aliphatic rings. The van der Waals surface area contributed by atoms with Crippen molar-refractivity contribution in [1.29, 1.82) is 0 Å². The molecule has 2 aromatic heterocycles. The van der Waals surface area contributed by atoms with Crippen LogP contribution in [-0.4, -0.2) is 21.2 Å². The highest BCUT2D eigenvalue weighted by atomic mass is 16.3. The zero-order valence-corrected chi connectivity index (χ0v) is 11.8. The highest BCUT2D eigenvalue weighted by Crippen LogP contribution is 2.30. The number of aromatic nitrogens is 2. The van der Waals surface area contributed by atoms with Gasteiger partial charge in [-0.15, -0.1) is 0 Å². The summed E-state index contributed by atoms with van der Waals surface area (Å²) >= 11 is 0. The Morgan fingerprint density at radius 3 is 1.81 bits per heavy atom. The monoisotopic (exact) mass is 278 g/mol. The van der Waals surface area contributed by atoms with Crippen LogP contribution in [0.25, 0.3) is 12.2 Å². The molecule has 0 aromatic carbocycles. The minimum Gasteiger partial charge on any atom is -0.384 e. The zero-order chi connectivity index (χ0) is 14.5. The number of pyridine rings is 2. The van der Waals surface area contributed by atoms with Gasteiger partial charge < -0.3 is 5.11 Å². The van der Waals surface area contributed by atoms with Gasteiger partial charge >= 0.3 is 0 Å². The number of aliphatic hydroxyl groups is 1. The van der Waals surface area contributed by atoms with Gasteiger partial charge in [0.15, 0.2) is 0 Å². The van der Waals surface area contributed by atoms with E-state index in [0.717, 1.165) is 41.8 Å². The first kappa shape index (κ1) is 13.7. The summed E-state index contributed by atoms with van der Waals surface area (Å²) in [5.41, 5.74) is 3.85. The second kappa shape index (κ2) is 6.46. The van der Waals surface area contributed by atoms with Crippen LogP contribution >= 0.6 is 0 Å². The third-order valence-electron chi connectivity index (χ3n) is 3.68. The molecule has 1 saturated carbocycles. The van der Waals surface area contributed by atoms with E-state index in [9.17, 15) is 5.11 Å². The van der Waals surface area contributed by atoms with Gasteiger partial charge in [0, 0.05) is 12.4 Å². The zero-order valence-electron chi connectivity index (χ0n) is 11.8. The summed E-state index contributed by atoms with van der Waals surface area (Å²) in [7, 11) is 0. The summed E-state index contributed by atoms with van der Waals surface area (Å²) in [6.07, 6.45) is 9.89. The van der Waals surface area contributed by atoms with Crippen LogP contribution in [0.4, 0.5) is 0 Å². The van der Waals surface area contributed by atoms with Crippen LogP contribution < -0.4 is 0 Å². The Morgan fingerprint density at radius 1 is 0.857 bits per heavy atom. The van der Waals surface area contributed by atoms with E-state index in [4.69, 9.17) is 0 Å². The van der Waals surface area contributed by atoms with E-state index >= 15 is 0 Å². The molecule has 0 unspecified atom stereocenters. The normalized spacial score (nSPS) is 22.6. The minimum atomic E-state index is -0.525. The first-order chi connectivity index (χ1) is 10.3. The fourth-order valence-corrected chi connectivity index (χ4v) is 2.61. The van der Waals surface area contributed by atoms with Crippen molar-refractivity contribution in [2.45, 2.75) is 25.4 Å². The molecule has 1 aliphatic carbocycles. The molecule has 0 spiro atoms. The van der Waals surface area contributed by atoms with Crippen LogP contribution in [0.3, 0.4) is 0 Å². The van der Waals surface area contributed by atoms with E-state index in [0.29, 0.717) is 0 Å². The molecule has 0 radical (unpaired) electrons. The standard InChI is InChI=1S/C18H18N2O/c21-18-14(12-16-8-1-3-10-19-16)6-5-7-15(18)13-17-9-2-4-11-20-17/h1-4,8-13,18,21H,5-7H2/b14-12+,15-13+. The molecule has 0 amide bonds. The van der Waals surface area contributed by atoms with Gasteiger partial charge in [-0.25, -0.2) is 0 Å². The van der Waals surface area contributed by atoms with Gasteiger partial charge in [-0.2, -0.15) is 0 Å². The van der Waals surface area contributed by atoms with E-state index in [2.05, 4.69) is 9.97 Å². The third-order valence-corrected chi connectivity index (χ3v) is 3.68. The predicted molar refractivity (Wildman–Crippen MR) is 84.3 cm³/mol. The Balaban J connectivity index is 1.86.